The van der Waals surface area contributed by atoms with Gasteiger partial charge < -0.3 is 15.0 Å². The summed E-state index contributed by atoms with van der Waals surface area (Å²) in [5, 5.41) is 2.90. The van der Waals surface area contributed by atoms with Gasteiger partial charge in [-0.3, -0.25) is 0 Å². The van der Waals surface area contributed by atoms with Gasteiger partial charge in [0.2, 0.25) is 5.88 Å². The van der Waals surface area contributed by atoms with Crippen LogP contribution in [0.25, 0.3) is 0 Å². The van der Waals surface area contributed by atoms with Crippen molar-refractivity contribution in [1.82, 2.24) is 15.2 Å². The molecular formula is C12H17N3O2S. The third-order valence-electron chi connectivity index (χ3n) is 2.77. The Balaban J connectivity index is 1.88. The van der Waals surface area contributed by atoms with Gasteiger partial charge in [-0.2, -0.15) is 11.8 Å². The number of rotatable bonds is 3. The zero-order valence-electron chi connectivity index (χ0n) is 10.4. The van der Waals surface area contributed by atoms with Crippen LogP contribution in [-0.2, 0) is 6.54 Å². The second-order valence-electron chi connectivity index (χ2n) is 3.93. The maximum absolute atomic E-state index is 11.9. The first-order valence-electron chi connectivity index (χ1n) is 5.89. The summed E-state index contributed by atoms with van der Waals surface area (Å²) in [4.78, 5) is 17.9. The van der Waals surface area contributed by atoms with Gasteiger partial charge in [0.05, 0.1) is 7.11 Å². The van der Waals surface area contributed by atoms with Crippen LogP contribution in [0.4, 0.5) is 4.79 Å². The Kier molecular flexibility index (Phi) is 4.69. The molecular weight excluding hydrogens is 250 g/mol. The molecule has 1 aliphatic heterocycles. The third kappa shape index (κ3) is 3.29. The first-order chi connectivity index (χ1) is 8.81. The van der Waals surface area contributed by atoms with E-state index in [2.05, 4.69) is 10.3 Å². The van der Waals surface area contributed by atoms with Crippen LogP contribution in [0.1, 0.15) is 5.56 Å². The average molecular weight is 267 g/mol. The molecule has 2 rings (SSSR count). The van der Waals surface area contributed by atoms with Crippen molar-refractivity contribution in [2.45, 2.75) is 6.54 Å². The number of carbonyl (C=O) groups excluding carboxylic acids is 1. The number of aromatic nitrogens is 1. The maximum atomic E-state index is 11.9. The van der Waals surface area contributed by atoms with E-state index in [9.17, 15) is 4.79 Å². The number of methoxy groups -OCH3 is 1. The highest BCUT2D eigenvalue weighted by Crippen LogP contribution is 2.13. The lowest BCUT2D eigenvalue weighted by molar-refractivity contribution is 0.202. The van der Waals surface area contributed by atoms with Crippen molar-refractivity contribution >= 4 is 17.8 Å². The molecule has 1 aromatic heterocycles. The van der Waals surface area contributed by atoms with E-state index in [1.165, 1.54) is 0 Å². The molecule has 1 saturated heterocycles. The lowest BCUT2D eigenvalue weighted by Gasteiger charge is -2.26. The van der Waals surface area contributed by atoms with Crippen LogP contribution < -0.4 is 10.1 Å². The van der Waals surface area contributed by atoms with E-state index < -0.39 is 0 Å². The summed E-state index contributed by atoms with van der Waals surface area (Å²) in [5.41, 5.74) is 0.889. The molecule has 1 N–H and O–H groups in total. The van der Waals surface area contributed by atoms with E-state index in [4.69, 9.17) is 4.74 Å². The van der Waals surface area contributed by atoms with Gasteiger partial charge in [0, 0.05) is 42.9 Å². The Bertz CT molecular complexity index is 408. The van der Waals surface area contributed by atoms with Crippen LogP contribution in [-0.4, -0.2) is 47.6 Å². The van der Waals surface area contributed by atoms with Crippen molar-refractivity contribution in [2.24, 2.45) is 0 Å². The predicted octanol–water partition coefficient (Wildman–Crippen LogP) is 1.35. The van der Waals surface area contributed by atoms with Gasteiger partial charge in [0.1, 0.15) is 0 Å². The highest BCUT2D eigenvalue weighted by molar-refractivity contribution is 7.99. The molecule has 0 aromatic carbocycles. The smallest absolute Gasteiger partial charge is 0.317 e. The Hall–Kier alpha value is -1.43. The van der Waals surface area contributed by atoms with Crippen molar-refractivity contribution in [3.63, 3.8) is 0 Å². The van der Waals surface area contributed by atoms with Gasteiger partial charge in [-0.1, -0.05) is 6.07 Å². The molecule has 0 bridgehead atoms. The van der Waals surface area contributed by atoms with Crippen molar-refractivity contribution in [3.8, 4) is 5.88 Å². The van der Waals surface area contributed by atoms with Crippen molar-refractivity contribution in [3.05, 3.63) is 23.9 Å². The summed E-state index contributed by atoms with van der Waals surface area (Å²) in [7, 11) is 1.58. The van der Waals surface area contributed by atoms with E-state index in [1.807, 2.05) is 28.8 Å². The molecule has 5 nitrogen and oxygen atoms in total. The Labute approximate surface area is 111 Å². The van der Waals surface area contributed by atoms with Crippen molar-refractivity contribution < 1.29 is 9.53 Å². The first-order valence-corrected chi connectivity index (χ1v) is 7.05. The number of urea groups is 1. The van der Waals surface area contributed by atoms with Gasteiger partial charge in [-0.15, -0.1) is 0 Å². The Morgan fingerprint density at radius 2 is 2.33 bits per heavy atom. The molecule has 0 aliphatic carbocycles. The second kappa shape index (κ2) is 6.49. The largest absolute Gasteiger partial charge is 0.481 e. The van der Waals surface area contributed by atoms with E-state index >= 15 is 0 Å². The van der Waals surface area contributed by atoms with E-state index in [0.717, 1.165) is 30.2 Å². The fourth-order valence-electron chi connectivity index (χ4n) is 1.79. The average Bonchev–Trinajstić information content (AvgIpc) is 2.46. The molecule has 0 saturated carbocycles. The molecule has 18 heavy (non-hydrogen) atoms. The lowest BCUT2D eigenvalue weighted by atomic mass is 10.2. The van der Waals surface area contributed by atoms with Crippen LogP contribution >= 0.6 is 11.8 Å². The minimum absolute atomic E-state index is 0.0128. The third-order valence-corrected chi connectivity index (χ3v) is 3.71. The molecule has 6 heteroatoms. The number of pyridine rings is 1. The molecule has 1 fully saturated rings. The summed E-state index contributed by atoms with van der Waals surface area (Å²) in [6.07, 6.45) is 1.67. The summed E-state index contributed by atoms with van der Waals surface area (Å²) in [5.74, 6) is 2.60. The van der Waals surface area contributed by atoms with Crippen molar-refractivity contribution in [2.75, 3.05) is 31.7 Å². The molecule has 1 aliphatic rings. The van der Waals surface area contributed by atoms with Gasteiger partial charge in [0.15, 0.2) is 0 Å². The highest BCUT2D eigenvalue weighted by Gasteiger charge is 2.16. The zero-order valence-corrected chi connectivity index (χ0v) is 11.2. The maximum Gasteiger partial charge on any atom is 0.317 e. The second-order valence-corrected chi connectivity index (χ2v) is 5.15. The topological polar surface area (TPSA) is 54.5 Å². The number of carbonyl (C=O) groups is 1. The van der Waals surface area contributed by atoms with Crippen LogP contribution in [0, 0.1) is 0 Å². The van der Waals surface area contributed by atoms with Gasteiger partial charge in [0.25, 0.3) is 0 Å². The molecule has 98 valence electrons. The Morgan fingerprint density at radius 3 is 3.06 bits per heavy atom. The molecule has 2 heterocycles. The number of nitrogens with one attached hydrogen (secondary N) is 1. The van der Waals surface area contributed by atoms with Crippen molar-refractivity contribution in [1.29, 1.82) is 0 Å². The first kappa shape index (κ1) is 13.0. The van der Waals surface area contributed by atoms with E-state index in [-0.39, 0.29) is 6.03 Å². The molecule has 0 spiro atoms. The SMILES string of the molecule is COc1ncccc1CNC(=O)N1CCSCC1. The van der Waals surface area contributed by atoms with Crippen LogP contribution in [0.2, 0.25) is 0 Å². The van der Waals surface area contributed by atoms with E-state index in [1.54, 1.807) is 13.3 Å². The number of ether oxygens (including phenoxy) is 1. The number of amides is 2. The molecule has 0 atom stereocenters. The molecule has 0 radical (unpaired) electrons. The summed E-state index contributed by atoms with van der Waals surface area (Å²) in [6.45, 7) is 2.08. The molecule has 1 aromatic rings. The zero-order chi connectivity index (χ0) is 12.8. The standard InChI is InChI=1S/C12H17N3O2S/c1-17-11-10(3-2-4-13-11)9-14-12(16)15-5-7-18-8-6-15/h2-4H,5-9H2,1H3,(H,14,16). The van der Waals surface area contributed by atoms with E-state index in [0.29, 0.717) is 12.4 Å². The monoisotopic (exact) mass is 267 g/mol. The fourth-order valence-corrected chi connectivity index (χ4v) is 2.69. The van der Waals surface area contributed by atoms with Crippen LogP contribution in [0.5, 0.6) is 5.88 Å². The van der Waals surface area contributed by atoms with Gasteiger partial charge >= 0.3 is 6.03 Å². The number of hydrogen-bond acceptors (Lipinski definition) is 4. The number of hydrogen-bond donors (Lipinski definition) is 1. The summed E-state index contributed by atoms with van der Waals surface area (Å²) in [6, 6.07) is 3.72. The number of thioether (sulfide) groups is 1. The quantitative estimate of drug-likeness (QED) is 0.898. The van der Waals surface area contributed by atoms with Crippen LogP contribution in [0.15, 0.2) is 18.3 Å². The van der Waals surface area contributed by atoms with Gasteiger partial charge in [-0.25, -0.2) is 9.78 Å². The fraction of sp³-hybridized carbons (Fsp3) is 0.500. The predicted molar refractivity (Wildman–Crippen MR) is 71.9 cm³/mol. The van der Waals surface area contributed by atoms with Crippen LogP contribution in [0.3, 0.4) is 0 Å². The minimum Gasteiger partial charge on any atom is -0.481 e. The summed E-state index contributed by atoms with van der Waals surface area (Å²) < 4.78 is 5.14. The normalized spacial score (nSPS) is 15.3. The minimum atomic E-state index is -0.0128. The number of nitrogens with zero attached hydrogens (tertiary/aromatic N) is 2. The highest BCUT2D eigenvalue weighted by atomic mass is 32.2. The Morgan fingerprint density at radius 1 is 1.56 bits per heavy atom. The molecule has 2 amide bonds. The van der Waals surface area contributed by atoms with Gasteiger partial charge in [-0.05, 0) is 6.07 Å². The summed E-state index contributed by atoms with van der Waals surface area (Å²) >= 11 is 1.88. The lowest BCUT2D eigenvalue weighted by Crippen LogP contribution is -2.44. The molecule has 0 unspecified atom stereocenters.